The summed E-state index contributed by atoms with van der Waals surface area (Å²) in [5.41, 5.74) is 3.03. The van der Waals surface area contributed by atoms with Gasteiger partial charge >= 0.3 is 5.97 Å². The second kappa shape index (κ2) is 12.6. The van der Waals surface area contributed by atoms with Gasteiger partial charge in [-0.25, -0.2) is 27.9 Å². The van der Waals surface area contributed by atoms with Crippen molar-refractivity contribution in [2.45, 2.75) is 51.5 Å². The van der Waals surface area contributed by atoms with Crippen LogP contribution < -0.4 is 4.74 Å². The van der Waals surface area contributed by atoms with E-state index in [-0.39, 0.29) is 29.5 Å². The summed E-state index contributed by atoms with van der Waals surface area (Å²) >= 11 is 0. The Labute approximate surface area is 263 Å². The Hall–Kier alpha value is -4.66. The van der Waals surface area contributed by atoms with Crippen LogP contribution in [0.3, 0.4) is 0 Å². The van der Waals surface area contributed by atoms with Gasteiger partial charge in [-0.2, -0.15) is 0 Å². The number of carboxylic acids is 1. The standard InChI is InChI=1S/C35H31F3N4O4/c36-27-15-22(4-3-21-1-2-21)5-6-25(27)20-46-34-29(38)17-28(37)33(40-34)23-9-12-41(13-10-23)19-32-39-30-8-7-24(35(43)44)16-31(30)42(32)18-26-11-14-45-26/h5-9,15-17,21,26H,1-2,10-14,18-20H2,(H,43,44)/t26-/m0/s1. The number of halogens is 3. The molecular weight excluding hydrogens is 597 g/mol. The molecule has 11 heteroatoms. The van der Waals surface area contributed by atoms with Gasteiger partial charge in [-0.05, 0) is 61.6 Å². The summed E-state index contributed by atoms with van der Waals surface area (Å²) in [7, 11) is 0. The minimum atomic E-state index is -1.00. The number of ether oxygens (including phenoxy) is 2. The summed E-state index contributed by atoms with van der Waals surface area (Å²) in [6, 6.07) is 10.2. The summed E-state index contributed by atoms with van der Waals surface area (Å²) in [4.78, 5) is 22.7. The van der Waals surface area contributed by atoms with E-state index in [0.717, 1.165) is 36.7 Å². The average molecular weight is 629 g/mol. The Bertz CT molecular complexity index is 1920. The molecule has 1 atom stereocenters. The van der Waals surface area contributed by atoms with Crippen LogP contribution in [0.5, 0.6) is 5.88 Å². The van der Waals surface area contributed by atoms with Crippen molar-refractivity contribution in [2.75, 3.05) is 19.7 Å². The fourth-order valence-electron chi connectivity index (χ4n) is 5.61. The topological polar surface area (TPSA) is 89.7 Å². The third-order valence-corrected chi connectivity index (χ3v) is 8.53. The lowest BCUT2D eigenvalue weighted by Crippen LogP contribution is -2.33. The maximum absolute atomic E-state index is 14.9. The van der Waals surface area contributed by atoms with Crippen LogP contribution >= 0.6 is 0 Å². The van der Waals surface area contributed by atoms with Crippen molar-refractivity contribution in [3.63, 3.8) is 0 Å². The van der Waals surface area contributed by atoms with Gasteiger partial charge in [-0.1, -0.05) is 24.0 Å². The zero-order valence-electron chi connectivity index (χ0n) is 24.9. The van der Waals surface area contributed by atoms with Crippen LogP contribution in [0.2, 0.25) is 0 Å². The largest absolute Gasteiger partial charge is 0.478 e. The molecule has 0 bridgehead atoms. The first-order chi connectivity index (χ1) is 22.3. The quantitative estimate of drug-likeness (QED) is 0.229. The number of carboxylic acid groups (broad SMARTS) is 1. The van der Waals surface area contributed by atoms with Crippen LogP contribution in [0.1, 0.15) is 58.7 Å². The third-order valence-electron chi connectivity index (χ3n) is 8.53. The van der Waals surface area contributed by atoms with Crippen molar-refractivity contribution in [3.8, 4) is 17.7 Å². The fraction of sp³-hybridized carbons (Fsp3) is 0.343. The zero-order chi connectivity index (χ0) is 31.8. The molecule has 0 amide bonds. The number of fused-ring (bicyclic) bond motifs is 1. The van der Waals surface area contributed by atoms with E-state index >= 15 is 0 Å². The van der Waals surface area contributed by atoms with E-state index in [4.69, 9.17) is 14.5 Å². The van der Waals surface area contributed by atoms with Gasteiger partial charge in [0.2, 0.25) is 0 Å². The number of nitrogens with zero attached hydrogens (tertiary/aromatic N) is 4. The first-order valence-corrected chi connectivity index (χ1v) is 15.4. The van der Waals surface area contributed by atoms with E-state index in [1.165, 1.54) is 6.07 Å². The second-order valence-corrected chi connectivity index (χ2v) is 11.9. The van der Waals surface area contributed by atoms with E-state index in [9.17, 15) is 23.1 Å². The summed E-state index contributed by atoms with van der Waals surface area (Å²) in [6.45, 7) is 2.51. The van der Waals surface area contributed by atoms with E-state index < -0.39 is 29.3 Å². The maximum Gasteiger partial charge on any atom is 0.335 e. The van der Waals surface area contributed by atoms with Gasteiger partial charge in [0.25, 0.3) is 5.88 Å². The van der Waals surface area contributed by atoms with Crippen molar-refractivity contribution in [2.24, 2.45) is 5.92 Å². The highest BCUT2D eigenvalue weighted by molar-refractivity contribution is 5.92. The van der Waals surface area contributed by atoms with Crippen LogP contribution in [0.4, 0.5) is 13.2 Å². The molecule has 46 heavy (non-hydrogen) atoms. The first-order valence-electron chi connectivity index (χ1n) is 15.4. The second-order valence-electron chi connectivity index (χ2n) is 11.9. The molecular formula is C35H31F3N4O4. The molecule has 1 N–H and O–H groups in total. The van der Waals surface area contributed by atoms with Crippen LogP contribution in [-0.2, 0) is 24.4 Å². The molecule has 0 unspecified atom stereocenters. The van der Waals surface area contributed by atoms with Crippen LogP contribution in [-0.4, -0.2) is 56.3 Å². The van der Waals surface area contributed by atoms with Gasteiger partial charge in [-0.3, -0.25) is 4.90 Å². The van der Waals surface area contributed by atoms with Gasteiger partial charge in [0.15, 0.2) is 11.6 Å². The highest BCUT2D eigenvalue weighted by atomic mass is 19.1. The van der Waals surface area contributed by atoms with Crippen LogP contribution in [0.15, 0.2) is 48.5 Å². The van der Waals surface area contributed by atoms with E-state index in [2.05, 4.69) is 21.7 Å². The molecule has 4 heterocycles. The Kier molecular flexibility index (Phi) is 8.23. The number of benzene rings is 2. The van der Waals surface area contributed by atoms with Crippen molar-refractivity contribution in [1.29, 1.82) is 0 Å². The lowest BCUT2D eigenvalue weighted by Gasteiger charge is -2.29. The summed E-state index contributed by atoms with van der Waals surface area (Å²) < 4.78 is 57.4. The summed E-state index contributed by atoms with van der Waals surface area (Å²) in [5, 5.41) is 9.50. The molecule has 1 aliphatic carbocycles. The van der Waals surface area contributed by atoms with E-state index in [1.54, 1.807) is 30.3 Å². The van der Waals surface area contributed by atoms with Crippen molar-refractivity contribution < 1.29 is 32.5 Å². The molecule has 2 aliphatic heterocycles. The zero-order valence-corrected chi connectivity index (χ0v) is 24.9. The Balaban J connectivity index is 1.05. The van der Waals surface area contributed by atoms with Crippen molar-refractivity contribution >= 4 is 22.6 Å². The summed E-state index contributed by atoms with van der Waals surface area (Å²) in [5.74, 6) is 3.54. The minimum Gasteiger partial charge on any atom is -0.478 e. The molecule has 3 aliphatic rings. The summed E-state index contributed by atoms with van der Waals surface area (Å²) in [6.07, 6.45) is 5.42. The molecule has 2 aromatic heterocycles. The highest BCUT2D eigenvalue weighted by Crippen LogP contribution is 2.30. The normalized spacial score (nSPS) is 18.1. The van der Waals surface area contributed by atoms with E-state index in [1.807, 2.05) is 10.6 Å². The Morgan fingerprint density at radius 2 is 1.89 bits per heavy atom. The van der Waals surface area contributed by atoms with Gasteiger partial charge in [-0.15, -0.1) is 0 Å². The molecule has 1 saturated carbocycles. The minimum absolute atomic E-state index is 0.00205. The number of hydrogen-bond acceptors (Lipinski definition) is 6. The number of rotatable bonds is 9. The molecule has 2 fully saturated rings. The van der Waals surface area contributed by atoms with Crippen molar-refractivity contribution in [1.82, 2.24) is 19.4 Å². The predicted octanol–water partition coefficient (Wildman–Crippen LogP) is 5.97. The molecule has 0 radical (unpaired) electrons. The lowest BCUT2D eigenvalue weighted by atomic mass is 10.0. The number of imidazole rings is 1. The third kappa shape index (κ3) is 6.50. The lowest BCUT2D eigenvalue weighted by molar-refractivity contribution is -0.0591. The van der Waals surface area contributed by atoms with Crippen molar-refractivity contribution in [3.05, 3.63) is 94.2 Å². The van der Waals surface area contributed by atoms with E-state index in [0.29, 0.717) is 61.8 Å². The first kappa shape index (κ1) is 30.0. The highest BCUT2D eigenvalue weighted by Gasteiger charge is 2.25. The molecule has 236 valence electrons. The number of pyridine rings is 1. The van der Waals surface area contributed by atoms with Crippen LogP contribution in [0, 0.1) is 35.2 Å². The average Bonchev–Trinajstić information content (AvgIpc) is 3.79. The number of carbonyl (C=O) groups is 1. The molecule has 8 nitrogen and oxygen atoms in total. The SMILES string of the molecule is O=C(O)c1ccc2nc(CN3CC=C(c4nc(OCc5ccc(C#CC6CC6)cc5F)c(F)cc4F)CC3)n(C[C@@H]3CCO3)c2c1. The Morgan fingerprint density at radius 1 is 1.04 bits per heavy atom. The number of aromatic carboxylic acids is 1. The maximum atomic E-state index is 14.9. The van der Waals surface area contributed by atoms with Crippen LogP contribution in [0.25, 0.3) is 16.6 Å². The molecule has 2 aromatic carbocycles. The fourth-order valence-corrected chi connectivity index (χ4v) is 5.61. The molecule has 1 saturated heterocycles. The van der Waals surface area contributed by atoms with Gasteiger partial charge in [0, 0.05) is 42.8 Å². The predicted molar refractivity (Wildman–Crippen MR) is 163 cm³/mol. The number of aromatic nitrogens is 3. The Morgan fingerprint density at radius 3 is 2.59 bits per heavy atom. The molecule has 7 rings (SSSR count). The van der Waals surface area contributed by atoms with Gasteiger partial charge in [0.1, 0.15) is 23.9 Å². The van der Waals surface area contributed by atoms with Gasteiger partial charge in [0.05, 0.1) is 35.8 Å². The molecule has 0 spiro atoms. The molecule has 4 aromatic rings. The van der Waals surface area contributed by atoms with Gasteiger partial charge < -0.3 is 19.1 Å². The smallest absolute Gasteiger partial charge is 0.335 e. The monoisotopic (exact) mass is 628 g/mol. The number of hydrogen-bond donors (Lipinski definition) is 1.